The first-order valence-electron chi connectivity index (χ1n) is 8.05. The molecule has 0 aliphatic carbocycles. The van der Waals surface area contributed by atoms with E-state index in [2.05, 4.69) is 10.2 Å². The topological polar surface area (TPSA) is 97.1 Å². The molecular formula is C16H24N4O4. The molecule has 1 fully saturated rings. The second-order valence-electron chi connectivity index (χ2n) is 5.36. The third kappa shape index (κ3) is 5.39. The number of nitrogens with two attached hydrogens (primary N) is 1. The number of carbonyl (C=O) groups is 2. The zero-order chi connectivity index (χ0) is 17.4. The second kappa shape index (κ2) is 9.09. The number of piperazine rings is 1. The molecule has 0 atom stereocenters. The Hall–Kier alpha value is -2.32. The van der Waals surface area contributed by atoms with Gasteiger partial charge in [-0.2, -0.15) is 0 Å². The number of hydrogen-bond acceptors (Lipinski definition) is 6. The van der Waals surface area contributed by atoms with Crippen LogP contribution in [0.3, 0.4) is 0 Å². The largest absolute Gasteiger partial charge is 0.513 e. The van der Waals surface area contributed by atoms with Crippen LogP contribution in [0.25, 0.3) is 0 Å². The van der Waals surface area contributed by atoms with E-state index in [1.165, 1.54) is 0 Å². The molecule has 0 unspecified atom stereocenters. The Morgan fingerprint density at radius 2 is 1.83 bits per heavy atom. The van der Waals surface area contributed by atoms with Crippen molar-refractivity contribution in [2.75, 3.05) is 51.2 Å². The number of nitrogens with zero attached hydrogens (tertiary/aromatic N) is 2. The molecule has 1 heterocycles. The van der Waals surface area contributed by atoms with Gasteiger partial charge in [0.25, 0.3) is 0 Å². The lowest BCUT2D eigenvalue weighted by Crippen LogP contribution is -2.50. The Bertz CT molecular complexity index is 542. The molecule has 2 amide bonds. The molecule has 2 rings (SSSR count). The minimum atomic E-state index is -0.746. The number of carbonyl (C=O) groups excluding carboxylic acids is 2. The summed E-state index contributed by atoms with van der Waals surface area (Å²) in [5.74, 6) is 0.363. The minimum absolute atomic E-state index is 0.138. The van der Waals surface area contributed by atoms with Crippen molar-refractivity contribution in [3.05, 3.63) is 24.3 Å². The predicted octanol–water partition coefficient (Wildman–Crippen LogP) is 1.33. The van der Waals surface area contributed by atoms with E-state index in [4.69, 9.17) is 15.2 Å². The fourth-order valence-corrected chi connectivity index (χ4v) is 2.41. The highest BCUT2D eigenvalue weighted by molar-refractivity contribution is 5.89. The lowest BCUT2D eigenvalue weighted by Gasteiger charge is -2.34. The van der Waals surface area contributed by atoms with Crippen LogP contribution in [0.4, 0.5) is 15.3 Å². The summed E-state index contributed by atoms with van der Waals surface area (Å²) in [6, 6.07) is 6.42. The van der Waals surface area contributed by atoms with Crippen LogP contribution in [0.1, 0.15) is 6.92 Å². The van der Waals surface area contributed by atoms with Gasteiger partial charge in [0.05, 0.1) is 6.61 Å². The van der Waals surface area contributed by atoms with E-state index in [0.717, 1.165) is 19.6 Å². The average molecular weight is 336 g/mol. The number of urea groups is 1. The van der Waals surface area contributed by atoms with E-state index in [1.54, 1.807) is 36.1 Å². The summed E-state index contributed by atoms with van der Waals surface area (Å²) in [7, 11) is 0. The first-order chi connectivity index (χ1) is 11.6. The van der Waals surface area contributed by atoms with Crippen LogP contribution in [0.15, 0.2) is 24.3 Å². The van der Waals surface area contributed by atoms with Crippen molar-refractivity contribution in [1.29, 1.82) is 0 Å². The summed E-state index contributed by atoms with van der Waals surface area (Å²) in [5.41, 5.74) is 6.18. The van der Waals surface area contributed by atoms with Gasteiger partial charge in [0, 0.05) is 45.0 Å². The van der Waals surface area contributed by atoms with Crippen LogP contribution in [-0.2, 0) is 4.74 Å². The number of amides is 2. The molecule has 132 valence electrons. The first-order valence-corrected chi connectivity index (χ1v) is 8.05. The van der Waals surface area contributed by atoms with Gasteiger partial charge in [0.15, 0.2) is 0 Å². The SMILES string of the molecule is CCOC(=O)Oc1ccc(NC(=O)N2CCN(CCN)CC2)cc1. The minimum Gasteiger partial charge on any atom is -0.434 e. The second-order valence-corrected chi connectivity index (χ2v) is 5.36. The molecule has 24 heavy (non-hydrogen) atoms. The summed E-state index contributed by atoms with van der Waals surface area (Å²) in [6.45, 7) is 6.46. The van der Waals surface area contributed by atoms with Crippen molar-refractivity contribution in [2.45, 2.75) is 6.92 Å². The van der Waals surface area contributed by atoms with E-state index >= 15 is 0 Å². The maximum atomic E-state index is 12.2. The number of anilines is 1. The molecule has 1 aromatic rings. The highest BCUT2D eigenvalue weighted by Gasteiger charge is 2.20. The predicted molar refractivity (Wildman–Crippen MR) is 90.2 cm³/mol. The number of benzene rings is 1. The normalized spacial score (nSPS) is 15.0. The Morgan fingerprint density at radius 3 is 2.42 bits per heavy atom. The molecule has 0 aromatic heterocycles. The van der Waals surface area contributed by atoms with Crippen molar-refractivity contribution in [3.63, 3.8) is 0 Å². The van der Waals surface area contributed by atoms with Crippen LogP contribution in [0, 0.1) is 0 Å². The Labute approximate surface area is 141 Å². The number of nitrogens with one attached hydrogen (secondary N) is 1. The summed E-state index contributed by atoms with van der Waals surface area (Å²) in [4.78, 5) is 27.5. The van der Waals surface area contributed by atoms with E-state index < -0.39 is 6.16 Å². The van der Waals surface area contributed by atoms with E-state index in [-0.39, 0.29) is 12.6 Å². The molecule has 0 spiro atoms. The van der Waals surface area contributed by atoms with Crippen molar-refractivity contribution < 1.29 is 19.1 Å². The molecular weight excluding hydrogens is 312 g/mol. The Balaban J connectivity index is 1.81. The lowest BCUT2D eigenvalue weighted by molar-refractivity contribution is 0.104. The summed E-state index contributed by atoms with van der Waals surface area (Å²) < 4.78 is 9.66. The van der Waals surface area contributed by atoms with Crippen molar-refractivity contribution in [2.24, 2.45) is 5.73 Å². The van der Waals surface area contributed by atoms with Gasteiger partial charge in [-0.3, -0.25) is 4.90 Å². The van der Waals surface area contributed by atoms with Crippen LogP contribution >= 0.6 is 0 Å². The van der Waals surface area contributed by atoms with Gasteiger partial charge in [-0.15, -0.1) is 0 Å². The average Bonchev–Trinajstić information content (AvgIpc) is 2.58. The quantitative estimate of drug-likeness (QED) is 0.622. The maximum absolute atomic E-state index is 12.2. The Kier molecular flexibility index (Phi) is 6.83. The lowest BCUT2D eigenvalue weighted by atomic mass is 10.3. The van der Waals surface area contributed by atoms with E-state index in [0.29, 0.717) is 31.1 Å². The van der Waals surface area contributed by atoms with Crippen LogP contribution in [-0.4, -0.2) is 67.9 Å². The third-order valence-corrected chi connectivity index (χ3v) is 3.67. The van der Waals surface area contributed by atoms with Crippen molar-refractivity contribution in [1.82, 2.24) is 9.80 Å². The van der Waals surface area contributed by atoms with Crippen LogP contribution < -0.4 is 15.8 Å². The van der Waals surface area contributed by atoms with Gasteiger partial charge in [0.1, 0.15) is 5.75 Å². The molecule has 3 N–H and O–H groups in total. The highest BCUT2D eigenvalue weighted by atomic mass is 16.7. The fourth-order valence-electron chi connectivity index (χ4n) is 2.41. The Morgan fingerprint density at radius 1 is 1.17 bits per heavy atom. The standard InChI is InChI=1S/C16H24N4O4/c1-2-23-16(22)24-14-5-3-13(4-6-14)18-15(21)20-11-9-19(8-7-17)10-12-20/h3-6H,2,7-12,17H2,1H3,(H,18,21). The monoisotopic (exact) mass is 336 g/mol. The molecule has 1 aliphatic heterocycles. The van der Waals surface area contributed by atoms with Gasteiger partial charge in [-0.25, -0.2) is 9.59 Å². The van der Waals surface area contributed by atoms with E-state index in [1.807, 2.05) is 0 Å². The van der Waals surface area contributed by atoms with E-state index in [9.17, 15) is 9.59 Å². The molecule has 8 heteroatoms. The molecule has 1 saturated heterocycles. The van der Waals surface area contributed by atoms with Crippen LogP contribution in [0.2, 0.25) is 0 Å². The summed E-state index contributed by atoms with van der Waals surface area (Å²) in [6.07, 6.45) is -0.746. The molecule has 0 saturated carbocycles. The summed E-state index contributed by atoms with van der Waals surface area (Å²) in [5, 5.41) is 2.84. The third-order valence-electron chi connectivity index (χ3n) is 3.67. The van der Waals surface area contributed by atoms with Crippen molar-refractivity contribution in [3.8, 4) is 5.75 Å². The zero-order valence-corrected chi connectivity index (χ0v) is 13.9. The molecule has 1 aliphatic rings. The van der Waals surface area contributed by atoms with Gasteiger partial charge in [-0.05, 0) is 31.2 Å². The highest BCUT2D eigenvalue weighted by Crippen LogP contribution is 2.17. The smallest absolute Gasteiger partial charge is 0.434 e. The van der Waals surface area contributed by atoms with Gasteiger partial charge in [-0.1, -0.05) is 0 Å². The first kappa shape index (κ1) is 18.0. The van der Waals surface area contributed by atoms with Gasteiger partial charge >= 0.3 is 12.2 Å². The molecule has 0 radical (unpaired) electrons. The van der Waals surface area contributed by atoms with Gasteiger partial charge in [0.2, 0.25) is 0 Å². The number of hydrogen-bond donors (Lipinski definition) is 2. The molecule has 8 nitrogen and oxygen atoms in total. The maximum Gasteiger partial charge on any atom is 0.513 e. The number of rotatable bonds is 5. The fraction of sp³-hybridized carbons (Fsp3) is 0.500. The molecule has 1 aromatic carbocycles. The molecule has 0 bridgehead atoms. The zero-order valence-electron chi connectivity index (χ0n) is 13.9. The summed E-state index contributed by atoms with van der Waals surface area (Å²) >= 11 is 0. The number of ether oxygens (including phenoxy) is 2. The van der Waals surface area contributed by atoms with Crippen molar-refractivity contribution >= 4 is 17.9 Å². The van der Waals surface area contributed by atoms with Gasteiger partial charge < -0.3 is 25.4 Å². The van der Waals surface area contributed by atoms with Crippen LogP contribution in [0.5, 0.6) is 5.75 Å².